The summed E-state index contributed by atoms with van der Waals surface area (Å²) >= 11 is 0. The zero-order chi connectivity index (χ0) is 22.1. The first-order valence-corrected chi connectivity index (χ1v) is 10.1. The molecule has 1 atom stereocenters. The van der Waals surface area contributed by atoms with E-state index in [2.05, 4.69) is 25.8 Å². The molecule has 3 aromatic rings. The van der Waals surface area contributed by atoms with Gasteiger partial charge < -0.3 is 24.8 Å². The van der Waals surface area contributed by atoms with E-state index in [0.717, 1.165) is 34.0 Å². The molecule has 162 valence electrons. The van der Waals surface area contributed by atoms with Crippen molar-refractivity contribution in [3.63, 3.8) is 0 Å². The number of fused-ring (bicyclic) bond motifs is 1. The van der Waals surface area contributed by atoms with Gasteiger partial charge in [0.2, 0.25) is 11.9 Å². The highest BCUT2D eigenvalue weighted by molar-refractivity contribution is 6.03. The second kappa shape index (κ2) is 8.25. The minimum Gasteiger partial charge on any atom is -0.489 e. The molecule has 0 saturated heterocycles. The number of nitrogens with one attached hydrogen (secondary N) is 2. The Labute approximate surface area is 180 Å². The lowest BCUT2D eigenvalue weighted by Gasteiger charge is -2.32. The Kier molecular flexibility index (Phi) is 5.50. The van der Waals surface area contributed by atoms with Gasteiger partial charge in [-0.25, -0.2) is 4.98 Å². The first kappa shape index (κ1) is 20.6. The summed E-state index contributed by atoms with van der Waals surface area (Å²) in [5.41, 5.74) is 4.27. The molecule has 2 aromatic heterocycles. The smallest absolute Gasteiger partial charge is 0.246 e. The quantitative estimate of drug-likeness (QED) is 0.623. The lowest BCUT2D eigenvalue weighted by atomic mass is 10.2. The van der Waals surface area contributed by atoms with Crippen LogP contribution in [0.25, 0.3) is 0 Å². The SMILES string of the molecule is Cc1noc(C)c1COc1ccc(CNc2nc(C)c3c(n2)N(C)[C@@H](C)C(=O)N3)cc1. The minimum absolute atomic E-state index is 0.0564. The van der Waals surface area contributed by atoms with Gasteiger partial charge in [0.15, 0.2) is 5.82 Å². The van der Waals surface area contributed by atoms with Crippen LogP contribution in [0.3, 0.4) is 0 Å². The molecule has 0 aliphatic carbocycles. The first-order chi connectivity index (χ1) is 14.8. The zero-order valence-corrected chi connectivity index (χ0v) is 18.3. The molecule has 0 saturated carbocycles. The van der Waals surface area contributed by atoms with Crippen LogP contribution >= 0.6 is 0 Å². The molecule has 0 unspecified atom stereocenters. The largest absolute Gasteiger partial charge is 0.489 e. The van der Waals surface area contributed by atoms with Crippen molar-refractivity contribution in [2.75, 3.05) is 22.6 Å². The number of hydrogen-bond acceptors (Lipinski definition) is 8. The van der Waals surface area contributed by atoms with Crippen LogP contribution < -0.4 is 20.3 Å². The monoisotopic (exact) mass is 422 g/mol. The molecule has 0 radical (unpaired) electrons. The van der Waals surface area contributed by atoms with E-state index < -0.39 is 0 Å². The number of carbonyl (C=O) groups excluding carboxylic acids is 1. The fourth-order valence-corrected chi connectivity index (χ4v) is 3.37. The number of aromatic nitrogens is 3. The molecule has 9 heteroatoms. The van der Waals surface area contributed by atoms with Crippen LogP contribution in [0.4, 0.5) is 17.5 Å². The first-order valence-electron chi connectivity index (χ1n) is 10.1. The van der Waals surface area contributed by atoms with Crippen molar-refractivity contribution < 1.29 is 14.1 Å². The van der Waals surface area contributed by atoms with Gasteiger partial charge in [-0.1, -0.05) is 17.3 Å². The average molecular weight is 422 g/mol. The van der Waals surface area contributed by atoms with Gasteiger partial charge in [-0.2, -0.15) is 4.98 Å². The highest BCUT2D eigenvalue weighted by Crippen LogP contribution is 2.32. The van der Waals surface area contributed by atoms with E-state index in [1.165, 1.54) is 0 Å². The van der Waals surface area contributed by atoms with Crippen LogP contribution in [-0.4, -0.2) is 34.1 Å². The number of hydrogen-bond donors (Lipinski definition) is 2. The molecule has 0 spiro atoms. The van der Waals surface area contributed by atoms with Crippen LogP contribution in [0.1, 0.15) is 35.2 Å². The standard InChI is InChI=1S/C22H26N6O3/c1-12-18(15(4)31-27-12)11-30-17-8-6-16(7-9-17)10-23-22-24-13(2)19-20(26-22)28(5)14(3)21(29)25-19/h6-9,14H,10-11H2,1-5H3,(H,25,29)(H,23,24,26)/t14-/m0/s1. The number of ether oxygens (including phenoxy) is 1. The van der Waals surface area contributed by atoms with Gasteiger partial charge in [0.25, 0.3) is 0 Å². The van der Waals surface area contributed by atoms with Crippen molar-refractivity contribution in [2.45, 2.75) is 46.9 Å². The third kappa shape index (κ3) is 4.16. The molecule has 9 nitrogen and oxygen atoms in total. The molecule has 1 amide bonds. The molecule has 1 aromatic carbocycles. The van der Waals surface area contributed by atoms with Crippen molar-refractivity contribution in [1.82, 2.24) is 15.1 Å². The number of anilines is 3. The zero-order valence-electron chi connectivity index (χ0n) is 18.3. The predicted octanol–water partition coefficient (Wildman–Crippen LogP) is 3.36. The predicted molar refractivity (Wildman–Crippen MR) is 117 cm³/mol. The molecule has 31 heavy (non-hydrogen) atoms. The van der Waals surface area contributed by atoms with Gasteiger partial charge in [0.1, 0.15) is 29.8 Å². The third-order valence-corrected chi connectivity index (χ3v) is 5.55. The van der Waals surface area contributed by atoms with Crippen molar-refractivity contribution in [2.24, 2.45) is 0 Å². The van der Waals surface area contributed by atoms with E-state index >= 15 is 0 Å². The van der Waals surface area contributed by atoms with Crippen LogP contribution in [0, 0.1) is 20.8 Å². The van der Waals surface area contributed by atoms with Gasteiger partial charge in [-0.15, -0.1) is 0 Å². The Morgan fingerprint density at radius 3 is 2.58 bits per heavy atom. The summed E-state index contributed by atoms with van der Waals surface area (Å²) in [6.07, 6.45) is 0. The number of amides is 1. The number of likely N-dealkylation sites (N-methyl/N-ethyl adjacent to an activating group) is 1. The molecule has 4 rings (SSSR count). The van der Waals surface area contributed by atoms with Crippen LogP contribution in [0.15, 0.2) is 28.8 Å². The van der Waals surface area contributed by atoms with Crippen molar-refractivity contribution in [3.8, 4) is 5.75 Å². The summed E-state index contributed by atoms with van der Waals surface area (Å²) in [6, 6.07) is 7.57. The summed E-state index contributed by atoms with van der Waals surface area (Å²) in [5, 5.41) is 10.1. The lowest BCUT2D eigenvalue weighted by molar-refractivity contribution is -0.117. The van der Waals surface area contributed by atoms with Crippen molar-refractivity contribution in [3.05, 3.63) is 52.5 Å². The van der Waals surface area contributed by atoms with Gasteiger partial charge in [-0.05, 0) is 45.4 Å². The highest BCUT2D eigenvalue weighted by atomic mass is 16.5. The summed E-state index contributed by atoms with van der Waals surface area (Å²) in [7, 11) is 1.86. The maximum absolute atomic E-state index is 12.0. The second-order valence-electron chi connectivity index (χ2n) is 7.70. The Morgan fingerprint density at radius 2 is 1.90 bits per heavy atom. The summed E-state index contributed by atoms with van der Waals surface area (Å²) < 4.78 is 11.0. The molecule has 3 heterocycles. The number of nitrogens with zero attached hydrogens (tertiary/aromatic N) is 4. The van der Waals surface area contributed by atoms with E-state index in [4.69, 9.17) is 9.26 Å². The normalized spacial score (nSPS) is 15.5. The molecule has 1 aliphatic rings. The summed E-state index contributed by atoms with van der Waals surface area (Å²) in [5.74, 6) is 2.73. The fourth-order valence-electron chi connectivity index (χ4n) is 3.37. The maximum Gasteiger partial charge on any atom is 0.246 e. The minimum atomic E-state index is -0.285. The van der Waals surface area contributed by atoms with Gasteiger partial charge >= 0.3 is 0 Å². The number of rotatable bonds is 6. The van der Waals surface area contributed by atoms with Gasteiger partial charge in [-0.3, -0.25) is 4.79 Å². The Morgan fingerprint density at radius 1 is 1.16 bits per heavy atom. The molecular formula is C22H26N6O3. The second-order valence-corrected chi connectivity index (χ2v) is 7.70. The van der Waals surface area contributed by atoms with E-state index in [-0.39, 0.29) is 11.9 Å². The van der Waals surface area contributed by atoms with Gasteiger partial charge in [0, 0.05) is 13.6 Å². The maximum atomic E-state index is 12.0. The third-order valence-electron chi connectivity index (χ3n) is 5.55. The van der Waals surface area contributed by atoms with Crippen molar-refractivity contribution >= 4 is 23.4 Å². The average Bonchev–Trinajstić information content (AvgIpc) is 3.08. The molecular weight excluding hydrogens is 396 g/mol. The number of benzene rings is 1. The van der Waals surface area contributed by atoms with Crippen LogP contribution in [0.2, 0.25) is 0 Å². The summed E-state index contributed by atoms with van der Waals surface area (Å²) in [6.45, 7) is 8.47. The topological polar surface area (TPSA) is 105 Å². The van der Waals surface area contributed by atoms with E-state index in [0.29, 0.717) is 30.6 Å². The van der Waals surface area contributed by atoms with Crippen molar-refractivity contribution in [1.29, 1.82) is 0 Å². The lowest BCUT2D eigenvalue weighted by Crippen LogP contribution is -2.44. The van der Waals surface area contributed by atoms with Crippen LogP contribution in [-0.2, 0) is 17.9 Å². The number of aryl methyl sites for hydroxylation is 3. The fraction of sp³-hybridized carbons (Fsp3) is 0.364. The van der Waals surface area contributed by atoms with Crippen LogP contribution in [0.5, 0.6) is 5.75 Å². The highest BCUT2D eigenvalue weighted by Gasteiger charge is 2.30. The van der Waals surface area contributed by atoms with Gasteiger partial charge in [0.05, 0.1) is 17.0 Å². The summed E-state index contributed by atoms with van der Waals surface area (Å²) in [4.78, 5) is 23.0. The molecule has 0 fully saturated rings. The molecule has 0 bridgehead atoms. The number of carbonyl (C=O) groups is 1. The Bertz CT molecular complexity index is 1090. The van der Waals surface area contributed by atoms with E-state index in [1.807, 2.05) is 63.9 Å². The van der Waals surface area contributed by atoms with E-state index in [9.17, 15) is 4.79 Å². The molecule has 1 aliphatic heterocycles. The Balaban J connectivity index is 1.39. The van der Waals surface area contributed by atoms with E-state index in [1.54, 1.807) is 0 Å². The molecule has 2 N–H and O–H groups in total. The Hall–Kier alpha value is -3.62.